The summed E-state index contributed by atoms with van der Waals surface area (Å²) in [5.74, 6) is -0.678. The number of amides is 1. The van der Waals surface area contributed by atoms with Gasteiger partial charge in [-0.15, -0.1) is 0 Å². The smallest absolute Gasteiger partial charge is 0.272 e. The van der Waals surface area contributed by atoms with Crippen LogP contribution < -0.4 is 5.43 Å². The molecule has 1 aromatic heterocycles. The number of hydrogen-bond acceptors (Lipinski definition) is 7. The molecule has 0 spiro atoms. The summed E-state index contributed by atoms with van der Waals surface area (Å²) in [5.41, 5.74) is 3.05. The SMILES string of the molecule is CC(=NNC(=O)c1cncc(S(=O)(=O)N2CCOCC2)c1)c1cc(Cl)ccc1O. The molecule has 1 fully saturated rings. The van der Waals surface area contributed by atoms with Crippen molar-refractivity contribution in [1.82, 2.24) is 14.7 Å². The van der Waals surface area contributed by atoms with Gasteiger partial charge in [0.25, 0.3) is 5.91 Å². The van der Waals surface area contributed by atoms with Gasteiger partial charge in [-0.25, -0.2) is 13.8 Å². The number of hydrazone groups is 1. The van der Waals surface area contributed by atoms with Gasteiger partial charge < -0.3 is 9.84 Å². The molecule has 29 heavy (non-hydrogen) atoms. The van der Waals surface area contributed by atoms with Crippen molar-refractivity contribution in [3.8, 4) is 5.75 Å². The van der Waals surface area contributed by atoms with E-state index in [2.05, 4.69) is 15.5 Å². The van der Waals surface area contributed by atoms with E-state index in [0.29, 0.717) is 29.5 Å². The number of nitrogens with zero attached hydrogens (tertiary/aromatic N) is 3. The van der Waals surface area contributed by atoms with Crippen LogP contribution in [-0.2, 0) is 14.8 Å². The van der Waals surface area contributed by atoms with Crippen LogP contribution >= 0.6 is 11.6 Å². The Labute approximate surface area is 173 Å². The average molecular weight is 439 g/mol. The number of phenols is 1. The molecular formula is C18H19ClN4O5S. The van der Waals surface area contributed by atoms with E-state index < -0.39 is 15.9 Å². The number of phenolic OH excluding ortho intramolecular Hbond substituents is 1. The number of aromatic hydroxyl groups is 1. The van der Waals surface area contributed by atoms with Crippen LogP contribution in [0.2, 0.25) is 5.02 Å². The van der Waals surface area contributed by atoms with Crippen LogP contribution in [0.5, 0.6) is 5.75 Å². The highest BCUT2D eigenvalue weighted by atomic mass is 35.5. The van der Waals surface area contributed by atoms with Crippen molar-refractivity contribution < 1.29 is 23.1 Å². The molecule has 0 atom stereocenters. The number of ether oxygens (including phenoxy) is 1. The molecular weight excluding hydrogens is 420 g/mol. The van der Waals surface area contributed by atoms with Crippen molar-refractivity contribution in [2.75, 3.05) is 26.3 Å². The third kappa shape index (κ3) is 4.91. The van der Waals surface area contributed by atoms with Gasteiger partial charge in [0.05, 0.1) is 24.5 Å². The summed E-state index contributed by atoms with van der Waals surface area (Å²) < 4.78 is 31.9. The van der Waals surface area contributed by atoms with E-state index in [1.54, 1.807) is 6.92 Å². The number of pyridine rings is 1. The molecule has 2 N–H and O–H groups in total. The van der Waals surface area contributed by atoms with Crippen LogP contribution in [0.15, 0.2) is 46.7 Å². The third-order valence-electron chi connectivity index (χ3n) is 4.26. The predicted molar refractivity (Wildman–Crippen MR) is 107 cm³/mol. The van der Waals surface area contributed by atoms with E-state index in [1.807, 2.05) is 0 Å². The Morgan fingerprint density at radius 3 is 2.72 bits per heavy atom. The van der Waals surface area contributed by atoms with Crippen LogP contribution in [0, 0.1) is 0 Å². The van der Waals surface area contributed by atoms with E-state index >= 15 is 0 Å². The molecule has 9 nitrogen and oxygen atoms in total. The van der Waals surface area contributed by atoms with Crippen molar-refractivity contribution in [3.05, 3.63) is 52.8 Å². The van der Waals surface area contributed by atoms with Crippen LogP contribution in [0.1, 0.15) is 22.8 Å². The zero-order valence-electron chi connectivity index (χ0n) is 15.5. The molecule has 0 saturated carbocycles. The van der Waals surface area contributed by atoms with E-state index in [9.17, 15) is 18.3 Å². The Kier molecular flexibility index (Phi) is 6.48. The second-order valence-corrected chi connectivity index (χ2v) is 8.60. The Morgan fingerprint density at radius 1 is 1.28 bits per heavy atom. The number of hydrogen-bond donors (Lipinski definition) is 2. The first-order valence-corrected chi connectivity index (χ1v) is 10.5. The average Bonchev–Trinajstić information content (AvgIpc) is 2.74. The molecule has 0 radical (unpaired) electrons. The van der Waals surface area contributed by atoms with Crippen LogP contribution in [0.25, 0.3) is 0 Å². The number of carbonyl (C=O) groups is 1. The van der Waals surface area contributed by atoms with Gasteiger partial charge in [-0.1, -0.05) is 11.6 Å². The molecule has 154 valence electrons. The van der Waals surface area contributed by atoms with Crippen LogP contribution in [-0.4, -0.2) is 60.7 Å². The maximum atomic E-state index is 12.7. The molecule has 0 bridgehead atoms. The number of morpholine rings is 1. The Hall–Kier alpha value is -2.53. The van der Waals surface area contributed by atoms with Gasteiger partial charge in [0.15, 0.2) is 0 Å². The topological polar surface area (TPSA) is 121 Å². The maximum absolute atomic E-state index is 12.7. The lowest BCUT2D eigenvalue weighted by Crippen LogP contribution is -2.40. The summed E-state index contributed by atoms with van der Waals surface area (Å²) in [6, 6.07) is 5.70. The van der Waals surface area contributed by atoms with Gasteiger partial charge in [0.2, 0.25) is 10.0 Å². The van der Waals surface area contributed by atoms with Crippen molar-refractivity contribution in [3.63, 3.8) is 0 Å². The van der Waals surface area contributed by atoms with Gasteiger partial charge in [0.1, 0.15) is 10.6 Å². The fourth-order valence-electron chi connectivity index (χ4n) is 2.68. The minimum absolute atomic E-state index is 0.0335. The zero-order chi connectivity index (χ0) is 21.0. The first-order valence-electron chi connectivity index (χ1n) is 8.65. The first kappa shape index (κ1) is 21.2. The summed E-state index contributed by atoms with van der Waals surface area (Å²) in [6.45, 7) is 2.70. The summed E-state index contributed by atoms with van der Waals surface area (Å²) in [4.78, 5) is 16.2. The normalized spacial score (nSPS) is 15.9. The van der Waals surface area contributed by atoms with Gasteiger partial charge in [-0.2, -0.15) is 9.41 Å². The Balaban J connectivity index is 1.78. The highest BCUT2D eigenvalue weighted by Crippen LogP contribution is 2.22. The second-order valence-electron chi connectivity index (χ2n) is 6.23. The monoisotopic (exact) mass is 438 g/mol. The minimum Gasteiger partial charge on any atom is -0.507 e. The summed E-state index contributed by atoms with van der Waals surface area (Å²) in [7, 11) is -3.78. The van der Waals surface area contributed by atoms with Crippen LogP contribution in [0.3, 0.4) is 0 Å². The molecule has 0 aliphatic carbocycles. The number of benzene rings is 1. The Bertz CT molecular complexity index is 1050. The second kappa shape index (κ2) is 8.87. The molecule has 1 aromatic carbocycles. The molecule has 0 unspecified atom stereocenters. The number of halogens is 1. The third-order valence-corrected chi connectivity index (χ3v) is 6.36. The summed E-state index contributed by atoms with van der Waals surface area (Å²) in [5, 5.41) is 14.3. The molecule has 1 aliphatic heterocycles. The standard InChI is InChI=1S/C18H19ClN4O5S/c1-12(16-9-14(19)2-3-17(16)24)21-22-18(25)13-8-15(11-20-10-13)29(26,27)23-4-6-28-7-5-23/h2-3,8-11,24H,4-7H2,1H3,(H,22,25). The number of carbonyl (C=O) groups excluding carboxylic acids is 1. The minimum atomic E-state index is -3.78. The number of sulfonamides is 1. The molecule has 1 aliphatic rings. The molecule has 3 rings (SSSR count). The maximum Gasteiger partial charge on any atom is 0.272 e. The lowest BCUT2D eigenvalue weighted by Gasteiger charge is -2.25. The van der Waals surface area contributed by atoms with Gasteiger partial charge in [-0.05, 0) is 31.2 Å². The molecule has 1 saturated heterocycles. The quantitative estimate of drug-likeness (QED) is 0.540. The lowest BCUT2D eigenvalue weighted by molar-refractivity contribution is 0.0730. The van der Waals surface area contributed by atoms with Crippen molar-refractivity contribution >= 4 is 33.2 Å². The fourth-order valence-corrected chi connectivity index (χ4v) is 4.25. The highest BCUT2D eigenvalue weighted by molar-refractivity contribution is 7.89. The van der Waals surface area contributed by atoms with Crippen molar-refractivity contribution in [2.45, 2.75) is 11.8 Å². The molecule has 2 heterocycles. The largest absolute Gasteiger partial charge is 0.507 e. The summed E-state index contributed by atoms with van der Waals surface area (Å²) >= 11 is 5.91. The molecule has 2 aromatic rings. The van der Waals surface area contributed by atoms with E-state index in [4.69, 9.17) is 16.3 Å². The summed E-state index contributed by atoms with van der Waals surface area (Å²) in [6.07, 6.45) is 2.44. The van der Waals surface area contributed by atoms with Gasteiger partial charge in [-0.3, -0.25) is 9.78 Å². The van der Waals surface area contributed by atoms with Gasteiger partial charge in [0, 0.05) is 36.1 Å². The number of rotatable bonds is 5. The predicted octanol–water partition coefficient (Wildman–Crippen LogP) is 1.62. The molecule has 1 amide bonds. The van der Waals surface area contributed by atoms with Crippen LogP contribution in [0.4, 0.5) is 0 Å². The van der Waals surface area contributed by atoms with E-state index in [0.717, 1.165) is 0 Å². The first-order chi connectivity index (χ1) is 13.8. The zero-order valence-corrected chi connectivity index (χ0v) is 17.1. The van der Waals surface area contributed by atoms with Gasteiger partial charge >= 0.3 is 0 Å². The Morgan fingerprint density at radius 2 is 2.00 bits per heavy atom. The van der Waals surface area contributed by atoms with E-state index in [-0.39, 0.29) is 29.3 Å². The highest BCUT2D eigenvalue weighted by Gasteiger charge is 2.27. The van der Waals surface area contributed by atoms with Crippen molar-refractivity contribution in [2.24, 2.45) is 5.10 Å². The van der Waals surface area contributed by atoms with E-state index in [1.165, 1.54) is 41.0 Å². The number of aromatic nitrogens is 1. The lowest BCUT2D eigenvalue weighted by atomic mass is 10.1. The number of nitrogens with one attached hydrogen (secondary N) is 1. The fraction of sp³-hybridized carbons (Fsp3) is 0.278. The van der Waals surface area contributed by atoms with Crippen molar-refractivity contribution in [1.29, 1.82) is 0 Å². The molecule has 11 heteroatoms.